The zero-order valence-corrected chi connectivity index (χ0v) is 19.5. The molecule has 0 spiro atoms. The van der Waals surface area contributed by atoms with Crippen molar-refractivity contribution in [1.29, 1.82) is 0 Å². The molecule has 1 aliphatic rings. The van der Waals surface area contributed by atoms with Crippen molar-refractivity contribution in [2.24, 2.45) is 0 Å². The number of nitrogens with zero attached hydrogens (tertiary/aromatic N) is 3. The Labute approximate surface area is 193 Å². The van der Waals surface area contributed by atoms with E-state index >= 15 is 0 Å². The summed E-state index contributed by atoms with van der Waals surface area (Å²) < 4.78 is 25.1. The summed E-state index contributed by atoms with van der Waals surface area (Å²) in [6.45, 7) is 3.92. The van der Waals surface area contributed by atoms with Crippen molar-refractivity contribution in [3.05, 3.63) is 54.5 Å². The molecule has 1 fully saturated rings. The first-order valence-electron chi connectivity index (χ1n) is 10.8. The number of benzene rings is 1. The number of carbonyl (C=O) groups excluding carboxylic acids is 1. The molecule has 4 rings (SSSR count). The van der Waals surface area contributed by atoms with Crippen LogP contribution in [0.1, 0.15) is 38.5 Å². The Kier molecular flexibility index (Phi) is 7.72. The van der Waals surface area contributed by atoms with Crippen molar-refractivity contribution >= 4 is 25.8 Å². The van der Waals surface area contributed by atoms with Gasteiger partial charge in [-0.1, -0.05) is 18.2 Å². The molecule has 3 atom stereocenters. The summed E-state index contributed by atoms with van der Waals surface area (Å²) in [5, 5.41) is 7.32. The van der Waals surface area contributed by atoms with Gasteiger partial charge in [-0.15, -0.1) is 0 Å². The SMILES string of the molecule is CC(C)OC(=O)CNP(OCC1CCC(c2ccc3c(N)ncnn23)O1)Oc1ccccc1. The van der Waals surface area contributed by atoms with E-state index in [0.717, 1.165) is 24.1 Å². The molecule has 1 saturated heterocycles. The van der Waals surface area contributed by atoms with Gasteiger partial charge in [0, 0.05) is 0 Å². The van der Waals surface area contributed by atoms with Gasteiger partial charge in [-0.25, -0.2) is 14.6 Å². The molecule has 1 aromatic carbocycles. The van der Waals surface area contributed by atoms with Crippen LogP contribution in [0.3, 0.4) is 0 Å². The molecule has 0 bridgehead atoms. The van der Waals surface area contributed by atoms with Crippen molar-refractivity contribution in [2.45, 2.75) is 45.0 Å². The molecule has 1 aliphatic heterocycles. The number of carbonyl (C=O) groups is 1. The van der Waals surface area contributed by atoms with Gasteiger partial charge in [0.25, 0.3) is 0 Å². The first kappa shape index (κ1) is 23.4. The minimum absolute atomic E-state index is 0.0118. The quantitative estimate of drug-likeness (QED) is 0.337. The van der Waals surface area contributed by atoms with E-state index in [4.69, 9.17) is 24.3 Å². The third kappa shape index (κ3) is 6.17. The Morgan fingerprint density at radius 3 is 2.88 bits per heavy atom. The first-order chi connectivity index (χ1) is 16.0. The molecule has 0 amide bonds. The number of anilines is 1. The number of nitrogens with one attached hydrogen (secondary N) is 1. The smallest absolute Gasteiger partial charge is 0.320 e. The molecular weight excluding hydrogens is 445 g/mol. The van der Waals surface area contributed by atoms with Gasteiger partial charge in [0.2, 0.25) is 0 Å². The lowest BCUT2D eigenvalue weighted by atomic mass is 10.1. The Balaban J connectivity index is 1.34. The summed E-state index contributed by atoms with van der Waals surface area (Å²) in [5.74, 6) is 0.715. The van der Waals surface area contributed by atoms with Crippen LogP contribution in [0.2, 0.25) is 0 Å². The molecule has 3 heterocycles. The second-order valence-electron chi connectivity index (χ2n) is 7.86. The summed E-state index contributed by atoms with van der Waals surface area (Å²) in [7, 11) is -1.58. The van der Waals surface area contributed by atoms with E-state index in [1.807, 2.05) is 42.5 Å². The van der Waals surface area contributed by atoms with E-state index in [1.165, 1.54) is 6.33 Å². The fourth-order valence-electron chi connectivity index (χ4n) is 3.53. The van der Waals surface area contributed by atoms with Crippen LogP contribution in [0.15, 0.2) is 48.8 Å². The molecule has 0 radical (unpaired) electrons. The maximum atomic E-state index is 11.9. The normalized spacial score (nSPS) is 19.1. The Morgan fingerprint density at radius 1 is 1.27 bits per heavy atom. The van der Waals surface area contributed by atoms with E-state index in [0.29, 0.717) is 18.2 Å². The van der Waals surface area contributed by atoms with Gasteiger partial charge in [0.1, 0.15) is 30.2 Å². The second-order valence-corrected chi connectivity index (χ2v) is 9.13. The molecule has 33 heavy (non-hydrogen) atoms. The number of nitrogen functional groups attached to an aromatic ring is 1. The lowest BCUT2D eigenvalue weighted by Gasteiger charge is -2.21. The number of nitrogens with two attached hydrogens (primary N) is 1. The topological polar surface area (TPSA) is 122 Å². The van der Waals surface area contributed by atoms with Crippen LogP contribution in [-0.4, -0.2) is 45.9 Å². The molecule has 2 aromatic heterocycles. The first-order valence-corrected chi connectivity index (χ1v) is 12.0. The number of fused-ring (bicyclic) bond motifs is 1. The third-order valence-electron chi connectivity index (χ3n) is 4.98. The highest BCUT2D eigenvalue weighted by atomic mass is 31.2. The molecule has 0 saturated carbocycles. The van der Waals surface area contributed by atoms with E-state index in [2.05, 4.69) is 15.2 Å². The van der Waals surface area contributed by atoms with Gasteiger partial charge in [-0.2, -0.15) is 5.10 Å². The lowest BCUT2D eigenvalue weighted by Crippen LogP contribution is -2.26. The van der Waals surface area contributed by atoms with Gasteiger partial charge in [-0.3, -0.25) is 4.79 Å². The van der Waals surface area contributed by atoms with E-state index in [-0.39, 0.29) is 30.8 Å². The Hall–Kier alpha value is -2.78. The highest BCUT2D eigenvalue weighted by Crippen LogP contribution is 2.38. The van der Waals surface area contributed by atoms with Crippen LogP contribution < -0.4 is 15.3 Å². The Bertz CT molecular complexity index is 1060. The molecule has 3 unspecified atom stereocenters. The lowest BCUT2D eigenvalue weighted by molar-refractivity contribution is -0.145. The zero-order valence-electron chi connectivity index (χ0n) is 18.6. The van der Waals surface area contributed by atoms with Gasteiger partial charge in [0.15, 0.2) is 5.82 Å². The van der Waals surface area contributed by atoms with Gasteiger partial charge in [-0.05, 0) is 51.0 Å². The second kappa shape index (κ2) is 10.9. The van der Waals surface area contributed by atoms with Crippen LogP contribution in [0.25, 0.3) is 5.52 Å². The standard InChI is InChI=1S/C22H28N5O5P/c1-15(2)30-21(28)12-26-33(32-16-6-4-3-5-7-16)29-13-17-8-11-20(31-17)18-9-10-19-22(23)24-14-25-27(18)19/h3-7,9-10,14-15,17,20,26H,8,11-13H2,1-2H3,(H2,23,24,25). The van der Waals surface area contributed by atoms with Crippen molar-refractivity contribution < 1.29 is 23.3 Å². The molecule has 10 nitrogen and oxygen atoms in total. The number of aromatic nitrogens is 3. The van der Waals surface area contributed by atoms with Crippen molar-refractivity contribution in [1.82, 2.24) is 19.7 Å². The predicted molar refractivity (Wildman–Crippen MR) is 123 cm³/mol. The monoisotopic (exact) mass is 473 g/mol. The molecule has 176 valence electrons. The highest BCUT2D eigenvalue weighted by molar-refractivity contribution is 7.45. The van der Waals surface area contributed by atoms with Crippen molar-refractivity contribution in [3.63, 3.8) is 0 Å². The molecule has 3 N–H and O–H groups in total. The average molecular weight is 473 g/mol. The predicted octanol–water partition coefficient (Wildman–Crippen LogP) is 3.40. The van der Waals surface area contributed by atoms with Crippen LogP contribution in [0.4, 0.5) is 5.82 Å². The molecule has 0 aliphatic carbocycles. The highest BCUT2D eigenvalue weighted by Gasteiger charge is 2.30. The summed E-state index contributed by atoms with van der Waals surface area (Å²) in [5.41, 5.74) is 7.62. The summed E-state index contributed by atoms with van der Waals surface area (Å²) in [6, 6.07) is 13.2. The number of ether oxygens (including phenoxy) is 2. The minimum Gasteiger partial charge on any atom is -0.462 e. The van der Waals surface area contributed by atoms with Gasteiger partial charge >= 0.3 is 14.5 Å². The fraction of sp³-hybridized carbons (Fsp3) is 0.409. The molecular formula is C22H28N5O5P. The molecule has 3 aromatic rings. The minimum atomic E-state index is -1.58. The largest absolute Gasteiger partial charge is 0.462 e. The Morgan fingerprint density at radius 2 is 2.09 bits per heavy atom. The van der Waals surface area contributed by atoms with Crippen LogP contribution in [0.5, 0.6) is 5.75 Å². The summed E-state index contributed by atoms with van der Waals surface area (Å²) in [4.78, 5) is 16.0. The van der Waals surface area contributed by atoms with Crippen LogP contribution >= 0.6 is 8.53 Å². The number of para-hydroxylation sites is 1. The summed E-state index contributed by atoms with van der Waals surface area (Å²) >= 11 is 0. The van der Waals surface area contributed by atoms with Crippen LogP contribution in [0, 0.1) is 0 Å². The van der Waals surface area contributed by atoms with Gasteiger partial charge in [0.05, 0.1) is 24.5 Å². The number of rotatable bonds is 10. The van der Waals surface area contributed by atoms with Crippen molar-refractivity contribution in [3.8, 4) is 5.75 Å². The number of esters is 1. The van der Waals surface area contributed by atoms with E-state index in [9.17, 15) is 4.79 Å². The van der Waals surface area contributed by atoms with Gasteiger partial charge < -0.3 is 24.3 Å². The van der Waals surface area contributed by atoms with Crippen molar-refractivity contribution in [2.75, 3.05) is 18.9 Å². The fourth-order valence-corrected chi connectivity index (χ4v) is 4.61. The van der Waals surface area contributed by atoms with E-state index in [1.54, 1.807) is 18.4 Å². The number of hydrogen-bond acceptors (Lipinski definition) is 9. The van der Waals surface area contributed by atoms with E-state index < -0.39 is 8.53 Å². The maximum absolute atomic E-state index is 11.9. The third-order valence-corrected chi connectivity index (χ3v) is 6.15. The zero-order chi connectivity index (χ0) is 23.2. The number of hydrogen-bond donors (Lipinski definition) is 2. The van der Waals surface area contributed by atoms with Crippen LogP contribution in [-0.2, 0) is 18.8 Å². The average Bonchev–Trinajstić information content (AvgIpc) is 3.43. The maximum Gasteiger partial charge on any atom is 0.320 e. The summed E-state index contributed by atoms with van der Waals surface area (Å²) in [6.07, 6.45) is 2.67. The molecule has 11 heteroatoms.